The molecular weight excluding hydrogens is 220 g/mol. The Labute approximate surface area is 99.5 Å². The first kappa shape index (κ1) is 11.6. The van der Waals surface area contributed by atoms with Crippen LogP contribution in [0.4, 0.5) is 0 Å². The molecule has 4 heteroatoms. The molecule has 1 aromatic carbocycles. The number of aryl methyl sites for hydroxylation is 1. The van der Waals surface area contributed by atoms with Crippen LogP contribution in [0, 0.1) is 6.92 Å². The minimum absolute atomic E-state index is 0.140. The molecule has 1 fully saturated rings. The van der Waals surface area contributed by atoms with Gasteiger partial charge < -0.3 is 9.47 Å². The summed E-state index contributed by atoms with van der Waals surface area (Å²) in [5, 5.41) is 0. The Bertz CT molecular complexity index is 448. The third kappa shape index (κ3) is 2.46. The van der Waals surface area contributed by atoms with Gasteiger partial charge in [-0.3, -0.25) is 9.59 Å². The Hall–Kier alpha value is -1.84. The lowest BCUT2D eigenvalue weighted by atomic mass is 9.89. The molecule has 1 saturated heterocycles. The highest BCUT2D eigenvalue weighted by Gasteiger charge is 2.30. The van der Waals surface area contributed by atoms with E-state index in [1.807, 2.05) is 25.1 Å². The number of carbonyl (C=O) groups excluding carboxylic acids is 2. The maximum Gasteiger partial charge on any atom is 0.314 e. The van der Waals surface area contributed by atoms with Crippen LogP contribution < -0.4 is 4.74 Å². The molecule has 1 aromatic rings. The maximum atomic E-state index is 11.3. The van der Waals surface area contributed by atoms with E-state index in [2.05, 4.69) is 4.74 Å². The molecule has 0 saturated carbocycles. The number of hydrogen-bond donors (Lipinski definition) is 0. The molecule has 1 aliphatic rings. The zero-order chi connectivity index (χ0) is 12.4. The molecule has 2 rings (SSSR count). The van der Waals surface area contributed by atoms with Crippen LogP contribution in [0.3, 0.4) is 0 Å². The fourth-order valence-electron chi connectivity index (χ4n) is 2.08. The standard InChI is InChI=1S/C13H14O4/c1-8-3-4-11(16-2)10(5-8)9-6-12(14)17-13(15)7-9/h3-5,9H,6-7H2,1-2H3. The van der Waals surface area contributed by atoms with Crippen molar-refractivity contribution >= 4 is 11.9 Å². The van der Waals surface area contributed by atoms with Crippen LogP contribution in [-0.4, -0.2) is 19.0 Å². The third-order valence-electron chi connectivity index (χ3n) is 2.88. The number of ether oxygens (including phenoxy) is 2. The topological polar surface area (TPSA) is 52.6 Å². The van der Waals surface area contributed by atoms with Gasteiger partial charge in [-0.25, -0.2) is 0 Å². The Morgan fingerprint density at radius 3 is 2.47 bits per heavy atom. The number of esters is 2. The van der Waals surface area contributed by atoms with Crippen molar-refractivity contribution < 1.29 is 19.1 Å². The summed E-state index contributed by atoms with van der Waals surface area (Å²) in [7, 11) is 1.58. The van der Waals surface area contributed by atoms with Gasteiger partial charge in [0.25, 0.3) is 0 Å². The average Bonchev–Trinajstić information content (AvgIpc) is 2.27. The molecule has 0 aromatic heterocycles. The summed E-state index contributed by atoms with van der Waals surface area (Å²) in [5.74, 6) is -0.355. The molecule has 4 nitrogen and oxygen atoms in total. The molecule has 0 N–H and O–H groups in total. The van der Waals surface area contributed by atoms with E-state index in [0.29, 0.717) is 5.75 Å². The normalized spacial score (nSPS) is 16.8. The molecule has 90 valence electrons. The van der Waals surface area contributed by atoms with Crippen molar-refractivity contribution in [3.63, 3.8) is 0 Å². The lowest BCUT2D eigenvalue weighted by Gasteiger charge is -2.22. The second-order valence-corrected chi connectivity index (χ2v) is 4.20. The van der Waals surface area contributed by atoms with Crippen LogP contribution in [0.15, 0.2) is 18.2 Å². The van der Waals surface area contributed by atoms with Crippen molar-refractivity contribution in [1.29, 1.82) is 0 Å². The summed E-state index contributed by atoms with van der Waals surface area (Å²) in [5.41, 5.74) is 1.98. The molecule has 0 radical (unpaired) electrons. The van der Waals surface area contributed by atoms with Gasteiger partial charge >= 0.3 is 11.9 Å². The highest BCUT2D eigenvalue weighted by molar-refractivity contribution is 5.89. The Morgan fingerprint density at radius 2 is 1.88 bits per heavy atom. The quantitative estimate of drug-likeness (QED) is 0.579. The van der Waals surface area contributed by atoms with E-state index in [9.17, 15) is 9.59 Å². The number of carbonyl (C=O) groups is 2. The highest BCUT2D eigenvalue weighted by atomic mass is 16.6. The van der Waals surface area contributed by atoms with Gasteiger partial charge in [0.05, 0.1) is 20.0 Å². The lowest BCUT2D eigenvalue weighted by molar-refractivity contribution is -0.163. The summed E-state index contributed by atoms with van der Waals surface area (Å²) < 4.78 is 9.78. The highest BCUT2D eigenvalue weighted by Crippen LogP contribution is 2.34. The predicted molar refractivity (Wildman–Crippen MR) is 60.8 cm³/mol. The minimum atomic E-state index is -0.463. The molecule has 0 spiro atoms. The van der Waals surface area contributed by atoms with Crippen LogP contribution in [0.25, 0.3) is 0 Å². The predicted octanol–water partition coefficient (Wildman–Crippen LogP) is 1.95. The van der Waals surface area contributed by atoms with Crippen molar-refractivity contribution in [3.8, 4) is 5.75 Å². The van der Waals surface area contributed by atoms with Gasteiger partial charge in [0.2, 0.25) is 0 Å². The van der Waals surface area contributed by atoms with E-state index < -0.39 is 11.9 Å². The summed E-state index contributed by atoms with van der Waals surface area (Å²) in [6, 6.07) is 5.75. The van der Waals surface area contributed by atoms with Gasteiger partial charge in [0.15, 0.2) is 0 Å². The van der Waals surface area contributed by atoms with Gasteiger partial charge in [-0.15, -0.1) is 0 Å². The molecule has 0 aliphatic carbocycles. The van der Waals surface area contributed by atoms with Crippen LogP contribution in [0.1, 0.15) is 29.9 Å². The second-order valence-electron chi connectivity index (χ2n) is 4.20. The first-order chi connectivity index (χ1) is 8.10. The van der Waals surface area contributed by atoms with Crippen LogP contribution in [-0.2, 0) is 14.3 Å². The first-order valence-corrected chi connectivity index (χ1v) is 5.48. The molecule has 1 heterocycles. The molecule has 1 aliphatic heterocycles. The van der Waals surface area contributed by atoms with Gasteiger partial charge in [-0.1, -0.05) is 17.7 Å². The van der Waals surface area contributed by atoms with Crippen molar-refractivity contribution in [3.05, 3.63) is 29.3 Å². The third-order valence-corrected chi connectivity index (χ3v) is 2.88. The number of methoxy groups -OCH3 is 1. The summed E-state index contributed by atoms with van der Waals surface area (Å²) in [4.78, 5) is 22.5. The van der Waals surface area contributed by atoms with E-state index in [0.717, 1.165) is 11.1 Å². The van der Waals surface area contributed by atoms with Gasteiger partial charge in [-0.05, 0) is 18.6 Å². The fraction of sp³-hybridized carbons (Fsp3) is 0.385. The number of cyclic esters (lactones) is 2. The Morgan fingerprint density at radius 1 is 1.24 bits per heavy atom. The van der Waals surface area contributed by atoms with Crippen molar-refractivity contribution in [2.75, 3.05) is 7.11 Å². The van der Waals surface area contributed by atoms with E-state index in [1.54, 1.807) is 7.11 Å². The maximum absolute atomic E-state index is 11.3. The van der Waals surface area contributed by atoms with E-state index in [1.165, 1.54) is 0 Å². The number of rotatable bonds is 2. The largest absolute Gasteiger partial charge is 0.496 e. The summed E-state index contributed by atoms with van der Waals surface area (Å²) in [6.07, 6.45) is 0.455. The molecule has 0 amide bonds. The second kappa shape index (κ2) is 4.57. The van der Waals surface area contributed by atoms with Gasteiger partial charge in [0, 0.05) is 5.92 Å². The summed E-state index contributed by atoms with van der Waals surface area (Å²) in [6.45, 7) is 1.96. The van der Waals surface area contributed by atoms with Gasteiger partial charge in [0.1, 0.15) is 5.75 Å². The SMILES string of the molecule is COc1ccc(C)cc1C1CC(=O)OC(=O)C1. The van der Waals surface area contributed by atoms with E-state index in [4.69, 9.17) is 4.74 Å². The molecule has 0 atom stereocenters. The smallest absolute Gasteiger partial charge is 0.314 e. The lowest BCUT2D eigenvalue weighted by Crippen LogP contribution is -2.24. The fourth-order valence-corrected chi connectivity index (χ4v) is 2.08. The zero-order valence-electron chi connectivity index (χ0n) is 9.86. The van der Waals surface area contributed by atoms with Crippen molar-refractivity contribution in [2.24, 2.45) is 0 Å². The number of hydrogen-bond acceptors (Lipinski definition) is 4. The minimum Gasteiger partial charge on any atom is -0.496 e. The van der Waals surface area contributed by atoms with E-state index >= 15 is 0 Å². The van der Waals surface area contributed by atoms with Crippen molar-refractivity contribution in [1.82, 2.24) is 0 Å². The Balaban J connectivity index is 2.35. The van der Waals surface area contributed by atoms with Crippen molar-refractivity contribution in [2.45, 2.75) is 25.7 Å². The monoisotopic (exact) mass is 234 g/mol. The van der Waals surface area contributed by atoms with Crippen LogP contribution in [0.5, 0.6) is 5.75 Å². The zero-order valence-corrected chi connectivity index (χ0v) is 9.86. The Kier molecular flexibility index (Phi) is 3.13. The van der Waals surface area contributed by atoms with Gasteiger partial charge in [-0.2, -0.15) is 0 Å². The molecule has 0 bridgehead atoms. The first-order valence-electron chi connectivity index (χ1n) is 5.48. The molecular formula is C13H14O4. The average molecular weight is 234 g/mol. The van der Waals surface area contributed by atoms with Crippen LogP contribution in [0.2, 0.25) is 0 Å². The molecule has 0 unspecified atom stereocenters. The molecule has 17 heavy (non-hydrogen) atoms. The summed E-state index contributed by atoms with van der Waals surface area (Å²) >= 11 is 0. The van der Waals surface area contributed by atoms with Crippen LogP contribution >= 0.6 is 0 Å². The number of benzene rings is 1. The van der Waals surface area contributed by atoms with E-state index in [-0.39, 0.29) is 18.8 Å².